The highest BCUT2D eigenvalue weighted by atomic mass is 35.5. The maximum absolute atomic E-state index is 11.7. The van der Waals surface area contributed by atoms with Crippen LogP contribution in [0.2, 0.25) is 5.02 Å². The van der Waals surface area contributed by atoms with E-state index >= 15 is 0 Å². The Kier molecular flexibility index (Phi) is 5.63. The molecule has 0 saturated heterocycles. The van der Waals surface area contributed by atoms with Gasteiger partial charge in [-0.3, -0.25) is 4.68 Å². The second-order valence-electron chi connectivity index (χ2n) is 5.51. The summed E-state index contributed by atoms with van der Waals surface area (Å²) in [5.74, 6) is 0. The number of aromatic nitrogens is 2. The van der Waals surface area contributed by atoms with Crippen molar-refractivity contribution in [2.75, 3.05) is 12.8 Å². The van der Waals surface area contributed by atoms with Crippen LogP contribution < -0.4 is 5.32 Å². The zero-order valence-electron chi connectivity index (χ0n) is 12.8. The Balaban J connectivity index is 2.79. The predicted octanol–water partition coefficient (Wildman–Crippen LogP) is 2.03. The van der Waals surface area contributed by atoms with E-state index < -0.39 is 14.6 Å². The molecule has 5 nitrogen and oxygen atoms in total. The number of nitrogens with zero attached hydrogens (tertiary/aromatic N) is 2. The van der Waals surface area contributed by atoms with E-state index in [4.69, 9.17) is 11.6 Å². The van der Waals surface area contributed by atoms with Gasteiger partial charge in [-0.25, -0.2) is 8.42 Å². The molecule has 0 aromatic carbocycles. The maximum Gasteiger partial charge on any atom is 0.153 e. The van der Waals surface area contributed by atoms with Crippen LogP contribution in [0.25, 0.3) is 0 Å². The van der Waals surface area contributed by atoms with Crippen LogP contribution in [-0.2, 0) is 29.3 Å². The van der Waals surface area contributed by atoms with Crippen LogP contribution in [0, 0.1) is 0 Å². The second kappa shape index (κ2) is 6.45. The molecule has 1 aromatic heterocycles. The smallest absolute Gasteiger partial charge is 0.153 e. The first kappa shape index (κ1) is 17.5. The van der Waals surface area contributed by atoms with E-state index in [9.17, 15) is 8.42 Å². The van der Waals surface area contributed by atoms with Crippen LogP contribution in [-0.4, -0.2) is 35.7 Å². The lowest BCUT2D eigenvalue weighted by atomic mass is 10.2. The molecule has 1 heterocycles. The quantitative estimate of drug-likeness (QED) is 0.834. The van der Waals surface area contributed by atoms with Gasteiger partial charge < -0.3 is 5.32 Å². The Morgan fingerprint density at radius 1 is 1.35 bits per heavy atom. The number of hydrogen-bond donors (Lipinski definition) is 1. The number of hydrogen-bond acceptors (Lipinski definition) is 4. The molecule has 1 rings (SSSR count). The molecule has 0 unspecified atom stereocenters. The van der Waals surface area contributed by atoms with E-state index in [1.165, 1.54) is 6.26 Å². The third-order valence-electron chi connectivity index (χ3n) is 3.54. The monoisotopic (exact) mass is 321 g/mol. The molecule has 0 aliphatic rings. The van der Waals surface area contributed by atoms with Gasteiger partial charge >= 0.3 is 0 Å². The zero-order chi connectivity index (χ0) is 15.6. The fraction of sp³-hybridized carbons (Fsp3) is 0.769. The van der Waals surface area contributed by atoms with Crippen LogP contribution >= 0.6 is 11.6 Å². The number of halogens is 1. The molecule has 0 amide bonds. The highest BCUT2D eigenvalue weighted by Gasteiger charge is 2.29. The topological polar surface area (TPSA) is 64.0 Å². The van der Waals surface area contributed by atoms with Crippen molar-refractivity contribution < 1.29 is 8.42 Å². The molecule has 0 aliphatic carbocycles. The molecule has 0 fully saturated rings. The zero-order valence-corrected chi connectivity index (χ0v) is 14.4. The summed E-state index contributed by atoms with van der Waals surface area (Å²) in [5, 5.41) is 8.29. The van der Waals surface area contributed by atoms with Gasteiger partial charge in [0, 0.05) is 25.9 Å². The van der Waals surface area contributed by atoms with Crippen LogP contribution in [0.3, 0.4) is 0 Å². The minimum absolute atomic E-state index is 0.374. The molecule has 0 atom stereocenters. The molecule has 0 spiro atoms. The minimum Gasteiger partial charge on any atom is -0.310 e. The molecule has 1 aromatic rings. The fourth-order valence-corrected chi connectivity index (χ4v) is 2.50. The molecule has 0 radical (unpaired) electrons. The van der Waals surface area contributed by atoms with E-state index in [1.807, 2.05) is 18.5 Å². The van der Waals surface area contributed by atoms with Gasteiger partial charge in [-0.2, -0.15) is 5.10 Å². The normalized spacial score (nSPS) is 12.9. The third-order valence-corrected chi connectivity index (χ3v) is 6.13. The lowest BCUT2D eigenvalue weighted by molar-refractivity contribution is 0.509. The van der Waals surface area contributed by atoms with Gasteiger partial charge in [-0.1, -0.05) is 18.5 Å². The summed E-state index contributed by atoms with van der Waals surface area (Å²) in [4.78, 5) is 0. The Bertz CT molecular complexity index is 564. The van der Waals surface area contributed by atoms with E-state index in [0.29, 0.717) is 18.1 Å². The van der Waals surface area contributed by atoms with Gasteiger partial charge in [0.05, 0.1) is 21.2 Å². The van der Waals surface area contributed by atoms with Crippen LogP contribution in [0.1, 0.15) is 39.1 Å². The van der Waals surface area contributed by atoms with E-state index in [-0.39, 0.29) is 0 Å². The second-order valence-corrected chi connectivity index (χ2v) is 8.54. The number of aryl methyl sites for hydroxylation is 2. The Hall–Kier alpha value is -0.590. The molecule has 0 bridgehead atoms. The van der Waals surface area contributed by atoms with Gasteiger partial charge in [0.1, 0.15) is 0 Å². The summed E-state index contributed by atoms with van der Waals surface area (Å²) in [5.41, 5.74) is 1.79. The van der Waals surface area contributed by atoms with Crippen molar-refractivity contribution in [3.63, 3.8) is 0 Å². The lowest BCUT2D eigenvalue weighted by Gasteiger charge is -2.23. The molecular formula is C13H24ClN3O2S. The van der Waals surface area contributed by atoms with Crippen LogP contribution in [0.15, 0.2) is 0 Å². The minimum atomic E-state index is -3.10. The summed E-state index contributed by atoms with van der Waals surface area (Å²) < 4.78 is 24.4. The summed E-state index contributed by atoms with van der Waals surface area (Å²) in [6, 6.07) is 0. The van der Waals surface area contributed by atoms with Crippen molar-refractivity contribution in [1.82, 2.24) is 15.1 Å². The van der Waals surface area contributed by atoms with Crippen molar-refractivity contribution in [2.24, 2.45) is 0 Å². The molecule has 116 valence electrons. The van der Waals surface area contributed by atoms with Crippen LogP contribution in [0.4, 0.5) is 0 Å². The van der Waals surface area contributed by atoms with E-state index in [1.54, 1.807) is 13.8 Å². The molecular weight excluding hydrogens is 298 g/mol. The summed E-state index contributed by atoms with van der Waals surface area (Å²) >= 11 is 6.31. The fourth-order valence-electron chi connectivity index (χ4n) is 1.80. The molecule has 1 N–H and O–H groups in total. The van der Waals surface area contributed by atoms with Gasteiger partial charge in [-0.15, -0.1) is 0 Å². The van der Waals surface area contributed by atoms with Crippen LogP contribution in [0.5, 0.6) is 0 Å². The van der Waals surface area contributed by atoms with Crippen molar-refractivity contribution in [2.45, 2.75) is 52.0 Å². The average molecular weight is 322 g/mol. The molecule has 7 heteroatoms. The van der Waals surface area contributed by atoms with Crippen molar-refractivity contribution in [1.29, 1.82) is 0 Å². The largest absolute Gasteiger partial charge is 0.310 e. The molecule has 20 heavy (non-hydrogen) atoms. The Morgan fingerprint density at radius 3 is 2.40 bits per heavy atom. The van der Waals surface area contributed by atoms with E-state index in [2.05, 4.69) is 10.4 Å². The average Bonchev–Trinajstić information content (AvgIpc) is 2.64. The number of sulfone groups is 1. The van der Waals surface area contributed by atoms with Gasteiger partial charge in [0.2, 0.25) is 0 Å². The van der Waals surface area contributed by atoms with Gasteiger partial charge in [0.25, 0.3) is 0 Å². The third kappa shape index (κ3) is 3.74. The van der Waals surface area contributed by atoms with Gasteiger partial charge in [-0.05, 0) is 27.2 Å². The summed E-state index contributed by atoms with van der Waals surface area (Å²) in [6.07, 6.45) is 2.04. The highest BCUT2D eigenvalue weighted by Crippen LogP contribution is 2.22. The molecule has 0 aliphatic heterocycles. The SMILES string of the molecule is CCc1nn(CC)c(CNCC(C)(C)S(C)(=O)=O)c1Cl. The first-order valence-corrected chi connectivity index (χ1v) is 9.05. The summed E-state index contributed by atoms with van der Waals surface area (Å²) in [6.45, 7) is 9.07. The Labute approximate surface area is 126 Å². The molecule has 0 saturated carbocycles. The first-order chi connectivity index (χ1) is 9.14. The highest BCUT2D eigenvalue weighted by molar-refractivity contribution is 7.92. The Morgan fingerprint density at radius 2 is 1.95 bits per heavy atom. The van der Waals surface area contributed by atoms with Crippen molar-refractivity contribution in [3.05, 3.63) is 16.4 Å². The first-order valence-electron chi connectivity index (χ1n) is 6.78. The maximum atomic E-state index is 11.7. The number of nitrogens with one attached hydrogen (secondary N) is 1. The van der Waals surface area contributed by atoms with Gasteiger partial charge in [0.15, 0.2) is 9.84 Å². The number of rotatable bonds is 7. The predicted molar refractivity (Wildman–Crippen MR) is 82.9 cm³/mol. The van der Waals surface area contributed by atoms with Crippen molar-refractivity contribution >= 4 is 21.4 Å². The van der Waals surface area contributed by atoms with E-state index in [0.717, 1.165) is 24.4 Å². The lowest BCUT2D eigenvalue weighted by Crippen LogP contribution is -2.41. The summed E-state index contributed by atoms with van der Waals surface area (Å²) in [7, 11) is -3.10. The standard InChI is InChI=1S/C13H24ClN3O2S/c1-6-10-12(14)11(17(7-2)16-10)8-15-9-13(3,4)20(5,18)19/h15H,6-9H2,1-5H3. The van der Waals surface area contributed by atoms with Crippen molar-refractivity contribution in [3.8, 4) is 0 Å².